The Morgan fingerprint density at radius 2 is 1.78 bits per heavy atom. The fourth-order valence-corrected chi connectivity index (χ4v) is 6.76. The number of Topliss-reactive ketones (excluding diaryl/α,β-unsaturated/α-hetero) is 2. The molecule has 1 heterocycles. The molecule has 2 amide bonds. The zero-order chi connectivity index (χ0) is 32.2. The number of hydrogen-bond acceptors (Lipinski definition) is 11. The van der Waals surface area contributed by atoms with E-state index in [1.54, 1.807) is 12.1 Å². The van der Waals surface area contributed by atoms with E-state index in [-0.39, 0.29) is 42.9 Å². The van der Waals surface area contributed by atoms with Gasteiger partial charge in [-0.1, -0.05) is 7.43 Å². The van der Waals surface area contributed by atoms with Crippen LogP contribution in [0.15, 0.2) is 45.6 Å². The number of aliphatic hydroxyl groups excluding tert-OH is 2. The number of carbonyl (C=O) groups excluding carboxylic acids is 4. The quantitative estimate of drug-likeness (QED) is 0.183. The summed E-state index contributed by atoms with van der Waals surface area (Å²) in [7, 11) is 6.95. The van der Waals surface area contributed by atoms with Gasteiger partial charge in [-0.25, -0.2) is 0 Å². The number of carbonyl (C=O) groups is 4. The minimum absolute atomic E-state index is 0. The first-order valence-corrected chi connectivity index (χ1v) is 14.2. The maximum absolute atomic E-state index is 14.0. The van der Waals surface area contributed by atoms with E-state index in [1.165, 1.54) is 31.1 Å². The zero-order valence-electron chi connectivity index (χ0n) is 24.9. The van der Waals surface area contributed by atoms with Crippen LogP contribution in [-0.4, -0.2) is 107 Å². The molecule has 7 N–H and O–H groups in total. The molecule has 3 aliphatic rings. The van der Waals surface area contributed by atoms with Crippen molar-refractivity contribution in [2.75, 3.05) is 41.3 Å². The summed E-state index contributed by atoms with van der Waals surface area (Å²) in [5.41, 5.74) is 2.36. The van der Waals surface area contributed by atoms with E-state index in [2.05, 4.69) is 5.32 Å². The van der Waals surface area contributed by atoms with Gasteiger partial charge in [0, 0.05) is 23.6 Å². The number of benzene rings is 1. The van der Waals surface area contributed by atoms with Crippen molar-refractivity contribution in [3.05, 3.63) is 58.1 Å². The number of fused-ring (bicyclic) bond motifs is 3. The van der Waals surface area contributed by atoms with E-state index >= 15 is 0 Å². The van der Waals surface area contributed by atoms with Crippen LogP contribution in [0.5, 0.6) is 5.75 Å². The van der Waals surface area contributed by atoms with Crippen LogP contribution >= 0.6 is 0 Å². The normalized spacial score (nSPS) is 24.3. The summed E-state index contributed by atoms with van der Waals surface area (Å²) in [6.45, 7) is 1.25. The van der Waals surface area contributed by atoms with Crippen molar-refractivity contribution in [1.29, 1.82) is 0 Å². The summed E-state index contributed by atoms with van der Waals surface area (Å²) >= 11 is 0. The highest BCUT2D eigenvalue weighted by Crippen LogP contribution is 2.53. The standard InChI is InChI=1S/C31H36N4O9.CH4/c1-34(2)11-5-10-33-30(42)20-9-8-19(44-20)15-6-7-18(36)22-16(15)12-14-13-17-24(35(3)4)26(38)23(29(32)41)28(40)31(17,43)27(39)21(14)25(22)37;/h6-9,14,17,24,36-37,40,43H,5,10-13H2,1-4H3,(H2,32,41)(H,33,42);1H4/t14-,17-,24-,31-;/m0./s1. The number of furan rings is 1. The van der Waals surface area contributed by atoms with Crippen LogP contribution in [0.4, 0.5) is 0 Å². The molecule has 13 heteroatoms. The number of aromatic hydroxyl groups is 1. The predicted molar refractivity (Wildman–Crippen MR) is 164 cm³/mol. The lowest BCUT2D eigenvalue weighted by atomic mass is 9.57. The third-order valence-corrected chi connectivity index (χ3v) is 8.77. The second-order valence-corrected chi connectivity index (χ2v) is 12.0. The number of ketones is 2. The van der Waals surface area contributed by atoms with Gasteiger partial charge in [0.1, 0.15) is 28.6 Å². The Balaban J connectivity index is 0.00000461. The number of nitrogens with one attached hydrogen (secondary N) is 1. The molecule has 3 aliphatic carbocycles. The minimum atomic E-state index is -2.71. The van der Waals surface area contributed by atoms with Crippen LogP contribution < -0.4 is 11.1 Å². The van der Waals surface area contributed by atoms with Crippen LogP contribution in [0.2, 0.25) is 0 Å². The Kier molecular flexibility index (Phi) is 9.02. The fourth-order valence-electron chi connectivity index (χ4n) is 6.76. The SMILES string of the molecule is C.CN(C)CCCNC(=O)c1ccc(-c2ccc(O)c3c2C[C@H]2C[C@H]4[C@H](N(C)C)C(=O)C(C(N)=O)=C(O)[C@@]4(O)C(=O)C2=C3O)o1. The van der Waals surface area contributed by atoms with Gasteiger partial charge in [-0.3, -0.25) is 24.1 Å². The topological polar surface area (TPSA) is 207 Å². The lowest BCUT2D eigenvalue weighted by Crippen LogP contribution is -2.65. The van der Waals surface area contributed by atoms with E-state index in [0.717, 1.165) is 13.0 Å². The molecule has 0 saturated heterocycles. The highest BCUT2D eigenvalue weighted by molar-refractivity contribution is 6.24. The minimum Gasteiger partial charge on any atom is -0.508 e. The van der Waals surface area contributed by atoms with E-state index in [9.17, 15) is 39.6 Å². The van der Waals surface area contributed by atoms with Gasteiger partial charge in [-0.05, 0) is 89.7 Å². The van der Waals surface area contributed by atoms with Gasteiger partial charge < -0.3 is 40.8 Å². The highest BCUT2D eigenvalue weighted by Gasteiger charge is 2.64. The molecule has 2 aromatic rings. The number of likely N-dealkylation sites (N-methyl/N-ethyl adjacent to an activating group) is 1. The van der Waals surface area contributed by atoms with E-state index in [4.69, 9.17) is 10.2 Å². The molecule has 0 radical (unpaired) electrons. The Bertz CT molecular complexity index is 1640. The van der Waals surface area contributed by atoms with Crippen molar-refractivity contribution in [3.8, 4) is 17.1 Å². The van der Waals surface area contributed by atoms with Gasteiger partial charge in [0.2, 0.25) is 5.78 Å². The molecule has 242 valence electrons. The third-order valence-electron chi connectivity index (χ3n) is 8.77. The molecule has 1 fully saturated rings. The van der Waals surface area contributed by atoms with Gasteiger partial charge in [-0.2, -0.15) is 0 Å². The number of rotatable bonds is 8. The van der Waals surface area contributed by atoms with Crippen molar-refractivity contribution in [2.24, 2.45) is 17.6 Å². The van der Waals surface area contributed by atoms with E-state index in [0.29, 0.717) is 23.4 Å². The maximum Gasteiger partial charge on any atom is 0.287 e. The Morgan fingerprint density at radius 3 is 2.40 bits per heavy atom. The molecule has 45 heavy (non-hydrogen) atoms. The number of aliphatic hydroxyl groups is 3. The molecule has 0 bridgehead atoms. The average molecular weight is 625 g/mol. The molecule has 1 aromatic carbocycles. The first kappa shape index (κ1) is 33.4. The van der Waals surface area contributed by atoms with Gasteiger partial charge in [0.05, 0.1) is 11.6 Å². The summed E-state index contributed by atoms with van der Waals surface area (Å²) in [6.07, 6.45) is 0.796. The Labute approximate surface area is 260 Å². The first-order chi connectivity index (χ1) is 20.7. The molecule has 4 atom stereocenters. The van der Waals surface area contributed by atoms with Crippen LogP contribution in [0.1, 0.15) is 41.9 Å². The Morgan fingerprint density at radius 1 is 1.09 bits per heavy atom. The van der Waals surface area contributed by atoms with Crippen molar-refractivity contribution in [2.45, 2.75) is 38.3 Å². The molecule has 13 nitrogen and oxygen atoms in total. The Hall–Kier alpha value is -4.46. The van der Waals surface area contributed by atoms with E-state index in [1.807, 2.05) is 19.0 Å². The molecule has 1 aromatic heterocycles. The van der Waals surface area contributed by atoms with Crippen LogP contribution in [-0.2, 0) is 20.8 Å². The molecular formula is C32H40N4O9. The van der Waals surface area contributed by atoms with Crippen LogP contribution in [0, 0.1) is 11.8 Å². The molecule has 0 spiro atoms. The fraction of sp³-hybridized carbons (Fsp3) is 0.438. The summed E-state index contributed by atoms with van der Waals surface area (Å²) in [4.78, 5) is 55.5. The third kappa shape index (κ3) is 5.30. The van der Waals surface area contributed by atoms with Gasteiger partial charge in [0.15, 0.2) is 17.1 Å². The number of nitrogens with two attached hydrogens (primary N) is 1. The summed E-state index contributed by atoms with van der Waals surface area (Å²) in [5.74, 6) is -7.27. The average Bonchev–Trinajstić information content (AvgIpc) is 3.43. The highest BCUT2D eigenvalue weighted by atomic mass is 16.4. The monoisotopic (exact) mass is 624 g/mol. The van der Waals surface area contributed by atoms with Gasteiger partial charge >= 0.3 is 0 Å². The second kappa shape index (κ2) is 12.1. The maximum atomic E-state index is 14.0. The molecule has 0 aliphatic heterocycles. The number of nitrogens with zero attached hydrogens (tertiary/aromatic N) is 2. The largest absolute Gasteiger partial charge is 0.508 e. The van der Waals surface area contributed by atoms with Crippen LogP contribution in [0.3, 0.4) is 0 Å². The lowest BCUT2D eigenvalue weighted by molar-refractivity contribution is -0.153. The van der Waals surface area contributed by atoms with E-state index < -0.39 is 64.0 Å². The number of amides is 2. The lowest BCUT2D eigenvalue weighted by Gasteiger charge is -2.50. The summed E-state index contributed by atoms with van der Waals surface area (Å²) in [5, 5.41) is 47.8. The van der Waals surface area contributed by atoms with Crippen LogP contribution in [0.25, 0.3) is 17.1 Å². The number of hydrogen-bond donors (Lipinski definition) is 6. The van der Waals surface area contributed by atoms with Crippen molar-refractivity contribution >= 4 is 29.1 Å². The second-order valence-electron chi connectivity index (χ2n) is 12.0. The number of phenols is 1. The predicted octanol–water partition coefficient (Wildman–Crippen LogP) is 1.54. The molecule has 5 rings (SSSR count). The van der Waals surface area contributed by atoms with Gasteiger partial charge in [-0.15, -0.1) is 0 Å². The number of primary amides is 1. The molecule has 1 saturated carbocycles. The molecule has 0 unspecified atom stereocenters. The molecular weight excluding hydrogens is 584 g/mol. The zero-order valence-corrected chi connectivity index (χ0v) is 24.9. The van der Waals surface area contributed by atoms with Gasteiger partial charge in [0.25, 0.3) is 11.8 Å². The first-order valence-electron chi connectivity index (χ1n) is 14.2. The summed E-state index contributed by atoms with van der Waals surface area (Å²) in [6, 6.07) is 4.82. The van der Waals surface area contributed by atoms with Crippen molar-refractivity contribution < 1.29 is 44.0 Å². The number of phenolic OH excluding ortho intramolecular Hbond substituents is 1. The van der Waals surface area contributed by atoms with Crippen molar-refractivity contribution in [3.63, 3.8) is 0 Å². The smallest absolute Gasteiger partial charge is 0.287 e. The van der Waals surface area contributed by atoms with Crippen molar-refractivity contribution in [1.82, 2.24) is 15.1 Å². The summed E-state index contributed by atoms with van der Waals surface area (Å²) < 4.78 is 5.88.